The molecule has 3 heterocycles. The van der Waals surface area contributed by atoms with Crippen LogP contribution in [-0.2, 0) is 17.6 Å². The molecular weight excluding hydrogens is 360 g/mol. The molecule has 0 bridgehead atoms. The van der Waals surface area contributed by atoms with Gasteiger partial charge in [0.25, 0.3) is 0 Å². The average molecular weight is 384 g/mol. The van der Waals surface area contributed by atoms with Crippen molar-refractivity contribution in [1.82, 2.24) is 10.2 Å². The Morgan fingerprint density at radius 2 is 2.04 bits per heavy atom. The highest BCUT2D eigenvalue weighted by Crippen LogP contribution is 2.29. The zero-order valence-electron chi connectivity index (χ0n) is 14.6. The fourth-order valence-corrected chi connectivity index (χ4v) is 3.87. The molecule has 0 radical (unpaired) electrons. The average Bonchev–Trinajstić information content (AvgIpc) is 3.21. The third kappa shape index (κ3) is 3.78. The van der Waals surface area contributed by atoms with Crippen LogP contribution in [-0.4, -0.2) is 67.9 Å². The van der Waals surface area contributed by atoms with Crippen LogP contribution in [0.4, 0.5) is 0 Å². The summed E-state index contributed by atoms with van der Waals surface area (Å²) in [4.78, 5) is 1.15. The Morgan fingerprint density at radius 3 is 2.65 bits per heavy atom. The number of thiophene rings is 1. The SMILES string of the molecule is CCc1[nH]nc(O[C@@H]2O[C@H](CO)[C@@H](O)[C@H](O)[C@H]2O)c1Cc1cc(C)cs1. The van der Waals surface area contributed by atoms with Gasteiger partial charge in [0.15, 0.2) is 0 Å². The van der Waals surface area contributed by atoms with Crippen LogP contribution in [0.5, 0.6) is 5.88 Å². The third-order valence-electron chi connectivity index (χ3n) is 4.48. The lowest BCUT2D eigenvalue weighted by Gasteiger charge is -2.39. The summed E-state index contributed by atoms with van der Waals surface area (Å²) in [6, 6.07) is 2.09. The Morgan fingerprint density at radius 1 is 1.27 bits per heavy atom. The van der Waals surface area contributed by atoms with Gasteiger partial charge in [0, 0.05) is 22.6 Å². The Labute approximate surface area is 155 Å². The highest BCUT2D eigenvalue weighted by Gasteiger charge is 2.45. The smallest absolute Gasteiger partial charge is 0.238 e. The summed E-state index contributed by atoms with van der Waals surface area (Å²) < 4.78 is 11.1. The first-order valence-corrected chi connectivity index (χ1v) is 9.39. The van der Waals surface area contributed by atoms with Gasteiger partial charge in [0.05, 0.1) is 6.61 Å². The van der Waals surface area contributed by atoms with E-state index in [1.165, 1.54) is 5.56 Å². The molecule has 5 N–H and O–H groups in total. The molecule has 0 spiro atoms. The maximum absolute atomic E-state index is 10.2. The van der Waals surface area contributed by atoms with Crippen molar-refractivity contribution in [1.29, 1.82) is 0 Å². The van der Waals surface area contributed by atoms with Gasteiger partial charge in [0.1, 0.15) is 24.4 Å². The molecule has 0 saturated carbocycles. The Hall–Kier alpha value is -1.49. The van der Waals surface area contributed by atoms with Crippen LogP contribution in [0.3, 0.4) is 0 Å². The molecular formula is C17H24N2O6S. The number of H-pyrrole nitrogens is 1. The maximum Gasteiger partial charge on any atom is 0.238 e. The van der Waals surface area contributed by atoms with E-state index < -0.39 is 37.3 Å². The van der Waals surface area contributed by atoms with Gasteiger partial charge < -0.3 is 29.9 Å². The molecule has 0 amide bonds. The van der Waals surface area contributed by atoms with Crippen molar-refractivity contribution in [2.24, 2.45) is 0 Å². The number of aromatic nitrogens is 2. The van der Waals surface area contributed by atoms with Gasteiger partial charge in [-0.25, -0.2) is 0 Å². The number of nitrogens with one attached hydrogen (secondary N) is 1. The summed E-state index contributed by atoms with van der Waals surface area (Å²) in [6.07, 6.45) is -5.30. The summed E-state index contributed by atoms with van der Waals surface area (Å²) in [5.41, 5.74) is 2.95. The molecule has 0 aliphatic carbocycles. The standard InChI is InChI=1S/C17H24N2O6S/c1-3-11-10(5-9-4-8(2)7-26-9)16(19-18-11)25-17-15(23)14(22)13(21)12(6-20)24-17/h4,7,12-15,17,20-23H,3,5-6H2,1-2H3,(H,18,19)/t12-,13-,14+,15-,17+/m1/s1. The minimum absolute atomic E-state index is 0.275. The molecule has 3 rings (SSSR count). The summed E-state index contributed by atoms with van der Waals surface area (Å²) >= 11 is 1.64. The van der Waals surface area contributed by atoms with Crippen molar-refractivity contribution in [3.05, 3.63) is 33.1 Å². The van der Waals surface area contributed by atoms with Crippen molar-refractivity contribution in [3.63, 3.8) is 0 Å². The molecule has 1 aliphatic rings. The fourth-order valence-electron chi connectivity index (χ4n) is 2.99. The second-order valence-electron chi connectivity index (χ2n) is 6.42. The molecule has 1 fully saturated rings. The molecule has 144 valence electrons. The zero-order valence-corrected chi connectivity index (χ0v) is 15.4. The number of aromatic amines is 1. The lowest BCUT2D eigenvalue weighted by Crippen LogP contribution is -2.60. The number of hydrogen-bond acceptors (Lipinski definition) is 8. The van der Waals surface area contributed by atoms with Gasteiger partial charge in [-0.2, -0.15) is 0 Å². The summed E-state index contributed by atoms with van der Waals surface area (Å²) in [5, 5.41) is 48.4. The van der Waals surface area contributed by atoms with Crippen molar-refractivity contribution in [2.45, 2.75) is 57.4 Å². The van der Waals surface area contributed by atoms with E-state index in [1.807, 2.05) is 13.8 Å². The lowest BCUT2D eigenvalue weighted by atomic mass is 9.99. The van der Waals surface area contributed by atoms with Crippen molar-refractivity contribution in [3.8, 4) is 5.88 Å². The fraction of sp³-hybridized carbons (Fsp3) is 0.588. The minimum atomic E-state index is -1.49. The van der Waals surface area contributed by atoms with E-state index in [2.05, 4.69) is 21.6 Å². The molecule has 9 heteroatoms. The summed E-state index contributed by atoms with van der Waals surface area (Å²) in [5.74, 6) is 0.275. The van der Waals surface area contributed by atoms with E-state index in [0.717, 1.165) is 22.6 Å². The number of aryl methyl sites for hydroxylation is 2. The van der Waals surface area contributed by atoms with Crippen molar-refractivity contribution < 1.29 is 29.9 Å². The van der Waals surface area contributed by atoms with Crippen LogP contribution in [0.1, 0.15) is 28.6 Å². The first kappa shape index (κ1) is 19.3. The van der Waals surface area contributed by atoms with E-state index in [-0.39, 0.29) is 5.88 Å². The second kappa shape index (κ2) is 8.03. The topological polar surface area (TPSA) is 128 Å². The quantitative estimate of drug-likeness (QED) is 0.478. The number of aliphatic hydroxyl groups excluding tert-OH is 4. The van der Waals surface area contributed by atoms with Crippen LogP contribution in [0, 0.1) is 6.92 Å². The normalized spacial score (nSPS) is 29.1. The van der Waals surface area contributed by atoms with E-state index in [0.29, 0.717) is 6.42 Å². The van der Waals surface area contributed by atoms with Crippen LogP contribution < -0.4 is 4.74 Å². The zero-order chi connectivity index (χ0) is 18.8. The number of ether oxygens (including phenoxy) is 2. The molecule has 1 saturated heterocycles. The molecule has 0 aromatic carbocycles. The number of nitrogens with zero attached hydrogens (tertiary/aromatic N) is 1. The van der Waals surface area contributed by atoms with E-state index in [1.54, 1.807) is 11.3 Å². The number of aliphatic hydroxyl groups is 4. The highest BCUT2D eigenvalue weighted by molar-refractivity contribution is 7.10. The van der Waals surface area contributed by atoms with Gasteiger partial charge in [-0.1, -0.05) is 6.92 Å². The number of hydrogen-bond donors (Lipinski definition) is 5. The number of rotatable bonds is 6. The van der Waals surface area contributed by atoms with Crippen LogP contribution in [0.25, 0.3) is 0 Å². The van der Waals surface area contributed by atoms with Gasteiger partial charge in [-0.15, -0.1) is 16.4 Å². The van der Waals surface area contributed by atoms with E-state index in [4.69, 9.17) is 9.47 Å². The first-order chi connectivity index (χ1) is 12.4. The van der Waals surface area contributed by atoms with Gasteiger partial charge in [-0.3, -0.25) is 5.10 Å². The molecule has 2 aromatic rings. The largest absolute Gasteiger partial charge is 0.443 e. The lowest BCUT2D eigenvalue weighted by molar-refractivity contribution is -0.278. The van der Waals surface area contributed by atoms with Gasteiger partial charge in [-0.05, 0) is 30.4 Å². The predicted molar refractivity (Wildman–Crippen MR) is 94.2 cm³/mol. The Balaban J connectivity index is 1.82. The van der Waals surface area contributed by atoms with Crippen molar-refractivity contribution in [2.75, 3.05) is 6.61 Å². The second-order valence-corrected chi connectivity index (χ2v) is 7.42. The molecule has 0 unspecified atom stereocenters. The first-order valence-electron chi connectivity index (χ1n) is 8.51. The van der Waals surface area contributed by atoms with E-state index in [9.17, 15) is 20.4 Å². The summed E-state index contributed by atoms with van der Waals surface area (Å²) in [7, 11) is 0. The summed E-state index contributed by atoms with van der Waals surface area (Å²) in [6.45, 7) is 3.52. The molecule has 1 aliphatic heterocycles. The molecule has 8 nitrogen and oxygen atoms in total. The van der Waals surface area contributed by atoms with Crippen molar-refractivity contribution >= 4 is 11.3 Å². The third-order valence-corrected chi connectivity index (χ3v) is 5.54. The van der Waals surface area contributed by atoms with Crippen LogP contribution in [0.2, 0.25) is 0 Å². The predicted octanol–water partition coefficient (Wildman–Crippen LogP) is 0.112. The maximum atomic E-state index is 10.2. The van der Waals surface area contributed by atoms with Crippen LogP contribution >= 0.6 is 11.3 Å². The van der Waals surface area contributed by atoms with Crippen LogP contribution in [0.15, 0.2) is 11.4 Å². The molecule has 2 aromatic heterocycles. The Bertz CT molecular complexity index is 731. The monoisotopic (exact) mass is 384 g/mol. The van der Waals surface area contributed by atoms with Gasteiger partial charge >= 0.3 is 0 Å². The molecule has 26 heavy (non-hydrogen) atoms. The van der Waals surface area contributed by atoms with E-state index >= 15 is 0 Å². The highest BCUT2D eigenvalue weighted by atomic mass is 32.1. The van der Waals surface area contributed by atoms with Gasteiger partial charge in [0.2, 0.25) is 12.2 Å². The Kier molecular flexibility index (Phi) is 5.96. The molecule has 5 atom stereocenters. The minimum Gasteiger partial charge on any atom is -0.443 e.